The highest BCUT2D eigenvalue weighted by Crippen LogP contribution is 2.26. The third-order valence-corrected chi connectivity index (χ3v) is 3.73. The van der Waals surface area contributed by atoms with Crippen molar-refractivity contribution in [1.29, 1.82) is 0 Å². The number of rotatable bonds is 8. The Morgan fingerprint density at radius 2 is 1.78 bits per heavy atom. The fourth-order valence-electron chi connectivity index (χ4n) is 2.18. The van der Waals surface area contributed by atoms with Crippen LogP contribution in [0.25, 0.3) is 0 Å². The molecule has 0 aliphatic heterocycles. The molecule has 0 aromatic heterocycles. The van der Waals surface area contributed by atoms with E-state index < -0.39 is 0 Å². The second-order valence-corrected chi connectivity index (χ2v) is 5.90. The lowest BCUT2D eigenvalue weighted by molar-refractivity contribution is -0.124. The van der Waals surface area contributed by atoms with E-state index >= 15 is 0 Å². The molecule has 7 nitrogen and oxygen atoms in total. The SMILES string of the molecule is COc1ccc(/C=N\NC(=O)CCC(=O)Nc2cccc(Cl)c2)cc1OC. The molecule has 0 atom stereocenters. The summed E-state index contributed by atoms with van der Waals surface area (Å²) >= 11 is 5.85. The van der Waals surface area contributed by atoms with Gasteiger partial charge in [0.15, 0.2) is 11.5 Å². The average molecular weight is 390 g/mol. The number of carbonyl (C=O) groups excluding carboxylic acids is 2. The van der Waals surface area contributed by atoms with Gasteiger partial charge in [-0.05, 0) is 42.0 Å². The molecular weight excluding hydrogens is 370 g/mol. The maximum atomic E-state index is 11.9. The molecule has 0 spiro atoms. The first-order chi connectivity index (χ1) is 13.0. The largest absolute Gasteiger partial charge is 0.493 e. The molecule has 0 radical (unpaired) electrons. The standard InChI is InChI=1S/C19H20ClN3O4/c1-26-16-7-6-13(10-17(16)27-2)12-21-23-19(25)9-8-18(24)22-15-5-3-4-14(20)11-15/h3-7,10-12H,8-9H2,1-2H3,(H,22,24)(H,23,25)/b21-12-. The van der Waals surface area contributed by atoms with Crippen LogP contribution in [0.2, 0.25) is 5.02 Å². The van der Waals surface area contributed by atoms with Crippen molar-refractivity contribution in [3.63, 3.8) is 0 Å². The predicted octanol–water partition coefficient (Wildman–Crippen LogP) is 3.23. The summed E-state index contributed by atoms with van der Waals surface area (Å²) in [6.45, 7) is 0. The predicted molar refractivity (Wildman–Crippen MR) is 105 cm³/mol. The maximum absolute atomic E-state index is 11.9. The Balaban J connectivity index is 1.78. The number of carbonyl (C=O) groups is 2. The van der Waals surface area contributed by atoms with Gasteiger partial charge < -0.3 is 14.8 Å². The molecule has 0 heterocycles. The third-order valence-electron chi connectivity index (χ3n) is 3.50. The molecular formula is C19H20ClN3O4. The molecule has 0 saturated carbocycles. The van der Waals surface area contributed by atoms with Gasteiger partial charge in [0.25, 0.3) is 0 Å². The van der Waals surface area contributed by atoms with E-state index in [9.17, 15) is 9.59 Å². The van der Waals surface area contributed by atoms with Crippen molar-refractivity contribution in [3.8, 4) is 11.5 Å². The van der Waals surface area contributed by atoms with E-state index in [1.165, 1.54) is 13.3 Å². The fraction of sp³-hybridized carbons (Fsp3) is 0.211. The van der Waals surface area contributed by atoms with Crippen molar-refractivity contribution >= 4 is 35.3 Å². The van der Waals surface area contributed by atoms with Gasteiger partial charge in [-0.25, -0.2) is 5.43 Å². The summed E-state index contributed by atoms with van der Waals surface area (Å²) in [6, 6.07) is 12.0. The number of hydrazone groups is 1. The normalized spacial score (nSPS) is 10.5. The van der Waals surface area contributed by atoms with Crippen molar-refractivity contribution < 1.29 is 19.1 Å². The number of nitrogens with one attached hydrogen (secondary N) is 2. The Labute approximate surface area is 162 Å². The molecule has 2 N–H and O–H groups in total. The molecule has 2 rings (SSSR count). The third kappa shape index (κ3) is 6.63. The highest BCUT2D eigenvalue weighted by molar-refractivity contribution is 6.30. The lowest BCUT2D eigenvalue weighted by Gasteiger charge is -2.07. The van der Waals surface area contributed by atoms with Crippen LogP contribution in [0.1, 0.15) is 18.4 Å². The van der Waals surface area contributed by atoms with Crippen molar-refractivity contribution in [3.05, 3.63) is 53.1 Å². The highest BCUT2D eigenvalue weighted by Gasteiger charge is 2.07. The molecule has 2 aromatic rings. The maximum Gasteiger partial charge on any atom is 0.240 e. The minimum atomic E-state index is -0.368. The molecule has 0 aliphatic carbocycles. The Morgan fingerprint density at radius 1 is 1.04 bits per heavy atom. The molecule has 0 aliphatic rings. The van der Waals surface area contributed by atoms with Crippen molar-refractivity contribution in [2.24, 2.45) is 5.10 Å². The first-order valence-corrected chi connectivity index (χ1v) is 8.49. The Hall–Kier alpha value is -3.06. The topological polar surface area (TPSA) is 89.0 Å². The van der Waals surface area contributed by atoms with Gasteiger partial charge in [0.05, 0.1) is 20.4 Å². The van der Waals surface area contributed by atoms with Crippen molar-refractivity contribution in [2.45, 2.75) is 12.8 Å². The number of anilines is 1. The van der Waals surface area contributed by atoms with E-state index in [0.29, 0.717) is 22.2 Å². The highest BCUT2D eigenvalue weighted by atomic mass is 35.5. The average Bonchev–Trinajstić information content (AvgIpc) is 2.66. The van der Waals surface area contributed by atoms with Gasteiger partial charge >= 0.3 is 0 Å². The number of nitrogens with zero attached hydrogens (tertiary/aromatic N) is 1. The lowest BCUT2D eigenvalue weighted by atomic mass is 10.2. The van der Waals surface area contributed by atoms with Crippen LogP contribution in [-0.2, 0) is 9.59 Å². The summed E-state index contributed by atoms with van der Waals surface area (Å²) < 4.78 is 10.4. The van der Waals surface area contributed by atoms with Gasteiger partial charge in [-0.2, -0.15) is 5.10 Å². The number of methoxy groups -OCH3 is 2. The minimum absolute atomic E-state index is 0.00960. The summed E-state index contributed by atoms with van der Waals surface area (Å²) in [5.41, 5.74) is 3.69. The number of ether oxygens (including phenoxy) is 2. The van der Waals surface area contributed by atoms with Gasteiger partial charge in [-0.1, -0.05) is 17.7 Å². The quantitative estimate of drug-likeness (QED) is 0.536. The van der Waals surface area contributed by atoms with Gasteiger partial charge in [-0.15, -0.1) is 0 Å². The summed E-state index contributed by atoms with van der Waals surface area (Å²) in [5.74, 6) is 0.513. The van der Waals surface area contributed by atoms with E-state index in [-0.39, 0.29) is 24.7 Å². The van der Waals surface area contributed by atoms with Crippen LogP contribution in [-0.4, -0.2) is 32.2 Å². The van der Waals surface area contributed by atoms with Crippen LogP contribution in [0.5, 0.6) is 11.5 Å². The van der Waals surface area contributed by atoms with Crippen LogP contribution in [0, 0.1) is 0 Å². The van der Waals surface area contributed by atoms with Gasteiger partial charge in [0, 0.05) is 23.6 Å². The van der Waals surface area contributed by atoms with Crippen LogP contribution in [0.3, 0.4) is 0 Å². The molecule has 0 unspecified atom stereocenters. The zero-order valence-corrected chi connectivity index (χ0v) is 15.7. The number of halogens is 1. The molecule has 0 saturated heterocycles. The number of amides is 2. The van der Waals surface area contributed by atoms with E-state index in [0.717, 1.165) is 5.56 Å². The molecule has 142 valence electrons. The summed E-state index contributed by atoms with van der Waals surface area (Å²) in [5, 5.41) is 7.08. The van der Waals surface area contributed by atoms with Gasteiger partial charge in [-0.3, -0.25) is 9.59 Å². The number of benzene rings is 2. The van der Waals surface area contributed by atoms with Crippen molar-refractivity contribution in [1.82, 2.24) is 5.43 Å². The van der Waals surface area contributed by atoms with Crippen LogP contribution < -0.4 is 20.2 Å². The Morgan fingerprint density at radius 3 is 2.48 bits per heavy atom. The van der Waals surface area contributed by atoms with Gasteiger partial charge in [0.2, 0.25) is 11.8 Å². The zero-order chi connectivity index (χ0) is 19.6. The van der Waals surface area contributed by atoms with Crippen LogP contribution in [0.4, 0.5) is 5.69 Å². The van der Waals surface area contributed by atoms with E-state index in [1.54, 1.807) is 49.6 Å². The first kappa shape index (κ1) is 20.3. The second kappa shape index (κ2) is 10.2. The Bertz CT molecular complexity index is 839. The van der Waals surface area contributed by atoms with E-state index in [1.807, 2.05) is 0 Å². The summed E-state index contributed by atoms with van der Waals surface area (Å²) in [7, 11) is 3.09. The summed E-state index contributed by atoms with van der Waals surface area (Å²) in [4.78, 5) is 23.7. The zero-order valence-electron chi connectivity index (χ0n) is 15.0. The molecule has 0 fully saturated rings. The Kier molecular flexibility index (Phi) is 7.63. The first-order valence-electron chi connectivity index (χ1n) is 8.11. The number of hydrogen-bond donors (Lipinski definition) is 2. The molecule has 0 bridgehead atoms. The minimum Gasteiger partial charge on any atom is -0.493 e. The summed E-state index contributed by atoms with van der Waals surface area (Å²) in [6.07, 6.45) is 1.52. The van der Waals surface area contributed by atoms with Crippen LogP contribution in [0.15, 0.2) is 47.6 Å². The second-order valence-electron chi connectivity index (χ2n) is 5.47. The fourth-order valence-corrected chi connectivity index (χ4v) is 2.37. The smallest absolute Gasteiger partial charge is 0.240 e. The number of hydrogen-bond acceptors (Lipinski definition) is 5. The lowest BCUT2D eigenvalue weighted by Crippen LogP contribution is -2.20. The molecule has 8 heteroatoms. The van der Waals surface area contributed by atoms with E-state index in [4.69, 9.17) is 21.1 Å². The molecule has 27 heavy (non-hydrogen) atoms. The molecule has 2 aromatic carbocycles. The van der Waals surface area contributed by atoms with Crippen molar-refractivity contribution in [2.75, 3.05) is 19.5 Å². The van der Waals surface area contributed by atoms with Gasteiger partial charge in [0.1, 0.15) is 0 Å². The molecule has 2 amide bonds. The van der Waals surface area contributed by atoms with E-state index in [2.05, 4.69) is 15.8 Å². The monoisotopic (exact) mass is 389 g/mol. The van der Waals surface area contributed by atoms with Crippen LogP contribution >= 0.6 is 11.6 Å².